The Morgan fingerprint density at radius 1 is 1.12 bits per heavy atom. The van der Waals surface area contributed by atoms with E-state index in [4.69, 9.17) is 23.7 Å². The molecular formula is C35H45N3O10S2. The van der Waals surface area contributed by atoms with Gasteiger partial charge in [-0.25, -0.2) is 18.2 Å². The molecule has 5 rings (SSSR count). The van der Waals surface area contributed by atoms with Gasteiger partial charge in [0, 0.05) is 25.4 Å². The van der Waals surface area contributed by atoms with Crippen molar-refractivity contribution in [3.05, 3.63) is 69.7 Å². The molecule has 2 aromatic carbocycles. The Labute approximate surface area is 296 Å². The summed E-state index contributed by atoms with van der Waals surface area (Å²) in [5, 5.41) is 17.4. The van der Waals surface area contributed by atoms with Crippen molar-refractivity contribution >= 4 is 33.4 Å². The first kappa shape index (κ1) is 37.7. The molecule has 0 unspecified atom stereocenters. The second kappa shape index (κ2) is 16.6. The highest BCUT2D eigenvalue weighted by atomic mass is 32.2. The third-order valence-electron chi connectivity index (χ3n) is 8.44. The molecule has 13 nitrogen and oxygen atoms in total. The number of rotatable bonds is 15. The number of fused-ring (bicyclic) bond motifs is 1. The van der Waals surface area contributed by atoms with Crippen LogP contribution in [-0.4, -0.2) is 85.7 Å². The van der Waals surface area contributed by atoms with Crippen LogP contribution in [0.2, 0.25) is 0 Å². The van der Waals surface area contributed by atoms with E-state index >= 15 is 0 Å². The van der Waals surface area contributed by atoms with Gasteiger partial charge in [0.25, 0.3) is 0 Å². The average molecular weight is 732 g/mol. The first-order valence-electron chi connectivity index (χ1n) is 16.6. The Morgan fingerprint density at radius 2 is 1.88 bits per heavy atom. The van der Waals surface area contributed by atoms with Gasteiger partial charge < -0.3 is 34.1 Å². The number of hydrogen-bond acceptors (Lipinski definition) is 12. The summed E-state index contributed by atoms with van der Waals surface area (Å²) < 4.78 is 57.1. The predicted octanol–water partition coefficient (Wildman–Crippen LogP) is 4.37. The summed E-state index contributed by atoms with van der Waals surface area (Å²) in [5.41, 5.74) is 2.07. The van der Waals surface area contributed by atoms with Crippen molar-refractivity contribution in [3.63, 3.8) is 0 Å². The Bertz CT molecular complexity index is 1730. The Balaban J connectivity index is 1.33. The number of carbonyl (C=O) groups excluding carboxylic acids is 2. The SMILES string of the molecule is CC(=O)Oc1ccc(S(=O)(=O)N(CC(C)C)C[C@@H](O)[C@H](Cc2ccc(OCc3csc(C)n3)cc2)NC(=O)O[C@H]2CO[C@H]3OCC[C@H]32)cc1C. The molecule has 0 spiro atoms. The van der Waals surface area contributed by atoms with Crippen LogP contribution in [0.4, 0.5) is 4.79 Å². The van der Waals surface area contributed by atoms with Crippen LogP contribution < -0.4 is 14.8 Å². The summed E-state index contributed by atoms with van der Waals surface area (Å²) in [7, 11) is -4.12. The zero-order valence-corrected chi connectivity index (χ0v) is 30.5. The van der Waals surface area contributed by atoms with Crippen molar-refractivity contribution < 1.29 is 46.8 Å². The molecule has 5 atom stereocenters. The number of hydrogen-bond donors (Lipinski definition) is 2. The molecule has 2 saturated heterocycles. The molecule has 1 amide bonds. The van der Waals surface area contributed by atoms with Crippen molar-refractivity contribution in [2.24, 2.45) is 11.8 Å². The third-order valence-corrected chi connectivity index (χ3v) is 11.1. The number of aromatic nitrogens is 1. The molecule has 272 valence electrons. The summed E-state index contributed by atoms with van der Waals surface area (Å²) in [4.78, 5) is 29.1. The molecule has 3 aromatic rings. The normalized spacial score (nSPS) is 20.0. The first-order valence-corrected chi connectivity index (χ1v) is 18.9. The highest BCUT2D eigenvalue weighted by molar-refractivity contribution is 7.89. The van der Waals surface area contributed by atoms with Crippen LogP contribution in [0.1, 0.15) is 49.0 Å². The maximum atomic E-state index is 14.0. The number of alkyl carbamates (subject to hydrolysis) is 1. The highest BCUT2D eigenvalue weighted by Crippen LogP contribution is 2.33. The lowest BCUT2D eigenvalue weighted by atomic mass is 10.0. The van der Waals surface area contributed by atoms with Gasteiger partial charge in [-0.1, -0.05) is 26.0 Å². The number of amides is 1. The topological polar surface area (TPSA) is 163 Å². The molecule has 2 N–H and O–H groups in total. The fourth-order valence-corrected chi connectivity index (χ4v) is 8.28. The van der Waals surface area contributed by atoms with E-state index in [1.165, 1.54) is 29.4 Å². The van der Waals surface area contributed by atoms with Gasteiger partial charge in [0.2, 0.25) is 10.0 Å². The van der Waals surface area contributed by atoms with Crippen molar-refractivity contribution in [2.45, 2.75) is 83.5 Å². The molecule has 2 aliphatic heterocycles. The van der Waals surface area contributed by atoms with Gasteiger partial charge in [0.15, 0.2) is 6.29 Å². The molecular weight excluding hydrogens is 687 g/mol. The van der Waals surface area contributed by atoms with E-state index in [-0.39, 0.29) is 48.6 Å². The monoisotopic (exact) mass is 731 g/mol. The van der Waals surface area contributed by atoms with Crippen LogP contribution in [0.25, 0.3) is 0 Å². The molecule has 0 aliphatic carbocycles. The number of aliphatic hydroxyl groups is 1. The Kier molecular flexibility index (Phi) is 12.5. The van der Waals surface area contributed by atoms with Crippen LogP contribution >= 0.6 is 11.3 Å². The number of thiazole rings is 1. The number of aliphatic hydroxyl groups excluding tert-OH is 1. The van der Waals surface area contributed by atoms with Gasteiger partial charge >= 0.3 is 12.1 Å². The molecule has 0 radical (unpaired) electrons. The fraction of sp³-hybridized carbons (Fsp3) is 0.514. The predicted molar refractivity (Wildman–Crippen MR) is 184 cm³/mol. The molecule has 15 heteroatoms. The number of ether oxygens (including phenoxy) is 5. The smallest absolute Gasteiger partial charge is 0.407 e. The quantitative estimate of drug-likeness (QED) is 0.169. The summed E-state index contributed by atoms with van der Waals surface area (Å²) in [5.74, 6) is 0.205. The third kappa shape index (κ3) is 9.80. The highest BCUT2D eigenvalue weighted by Gasteiger charge is 2.44. The van der Waals surface area contributed by atoms with Gasteiger partial charge in [-0.15, -0.1) is 11.3 Å². The van der Waals surface area contributed by atoms with Crippen molar-refractivity contribution in [2.75, 3.05) is 26.3 Å². The summed E-state index contributed by atoms with van der Waals surface area (Å²) >= 11 is 1.55. The lowest BCUT2D eigenvalue weighted by molar-refractivity contribution is -0.131. The molecule has 50 heavy (non-hydrogen) atoms. The van der Waals surface area contributed by atoms with Gasteiger partial charge in [0.05, 0.1) is 46.9 Å². The average Bonchev–Trinajstić information content (AvgIpc) is 3.79. The van der Waals surface area contributed by atoms with E-state index in [9.17, 15) is 23.1 Å². The Morgan fingerprint density at radius 3 is 2.54 bits per heavy atom. The van der Waals surface area contributed by atoms with Crippen molar-refractivity contribution in [1.82, 2.24) is 14.6 Å². The summed E-state index contributed by atoms with van der Waals surface area (Å²) in [6, 6.07) is 10.6. The van der Waals surface area contributed by atoms with Gasteiger partial charge in [-0.2, -0.15) is 4.31 Å². The van der Waals surface area contributed by atoms with Crippen LogP contribution in [0, 0.1) is 25.7 Å². The van der Waals surface area contributed by atoms with Crippen LogP contribution in [0.3, 0.4) is 0 Å². The fourth-order valence-electron chi connectivity index (χ4n) is 5.98. The van der Waals surface area contributed by atoms with Crippen LogP contribution in [0.5, 0.6) is 11.5 Å². The minimum absolute atomic E-state index is 0.0133. The molecule has 0 saturated carbocycles. The Hall–Kier alpha value is -3.60. The van der Waals surface area contributed by atoms with E-state index in [1.807, 2.05) is 38.3 Å². The lowest BCUT2D eigenvalue weighted by Crippen LogP contribution is -2.51. The lowest BCUT2D eigenvalue weighted by Gasteiger charge is -2.31. The standard InChI is InChI=1S/C35H45N3O10S2/c1-21(2)16-38(50(42,43)28-10-11-32(22(3)14-28)47-24(5)39)17-31(40)30(37-35(41)48-33-19-46-34-29(33)12-13-44-34)15-25-6-8-27(9-7-25)45-18-26-20-49-23(4)36-26/h6-11,14,20-21,29-31,33-34,40H,12-13,15-19H2,1-5H3,(H,37,41)/t29-,30-,31+,33-,34+/m0/s1. The second-order valence-corrected chi connectivity index (χ2v) is 16.0. The van der Waals surface area contributed by atoms with E-state index in [0.717, 1.165) is 16.3 Å². The summed E-state index contributed by atoms with van der Waals surface area (Å²) in [6.45, 7) is 9.44. The van der Waals surface area contributed by atoms with E-state index < -0.39 is 46.6 Å². The minimum atomic E-state index is -4.12. The van der Waals surface area contributed by atoms with Crippen molar-refractivity contribution in [1.29, 1.82) is 0 Å². The number of aryl methyl sites for hydroxylation is 2. The van der Waals surface area contributed by atoms with Crippen LogP contribution in [0.15, 0.2) is 52.7 Å². The number of benzene rings is 2. The van der Waals surface area contributed by atoms with Gasteiger partial charge in [0.1, 0.15) is 24.2 Å². The molecule has 2 fully saturated rings. The maximum absolute atomic E-state index is 14.0. The zero-order valence-electron chi connectivity index (χ0n) is 28.9. The van der Waals surface area contributed by atoms with Gasteiger partial charge in [-0.3, -0.25) is 4.79 Å². The number of carbonyl (C=O) groups is 2. The first-order chi connectivity index (χ1) is 23.8. The largest absolute Gasteiger partial charge is 0.487 e. The van der Waals surface area contributed by atoms with E-state index in [0.29, 0.717) is 30.9 Å². The molecule has 1 aromatic heterocycles. The number of sulfonamides is 1. The maximum Gasteiger partial charge on any atom is 0.407 e. The van der Waals surface area contributed by atoms with Crippen molar-refractivity contribution in [3.8, 4) is 11.5 Å². The van der Waals surface area contributed by atoms with Crippen LogP contribution in [-0.2, 0) is 42.1 Å². The van der Waals surface area contributed by atoms with E-state index in [2.05, 4.69) is 10.3 Å². The second-order valence-electron chi connectivity index (χ2n) is 13.0. The van der Waals surface area contributed by atoms with E-state index in [1.54, 1.807) is 30.4 Å². The molecule has 2 aliphatic rings. The number of nitrogens with one attached hydrogen (secondary N) is 1. The van der Waals surface area contributed by atoms with Gasteiger partial charge in [-0.05, 0) is 74.1 Å². The molecule has 3 heterocycles. The summed E-state index contributed by atoms with van der Waals surface area (Å²) in [6.07, 6.45) is -2.11. The number of nitrogens with zero attached hydrogens (tertiary/aromatic N) is 2. The zero-order chi connectivity index (χ0) is 36.0. The number of esters is 1. The molecule has 0 bridgehead atoms. The minimum Gasteiger partial charge on any atom is -0.487 e.